The van der Waals surface area contributed by atoms with E-state index in [0.29, 0.717) is 0 Å². The summed E-state index contributed by atoms with van der Waals surface area (Å²) < 4.78 is 0.203. The molecule has 1 aliphatic rings. The maximum Gasteiger partial charge on any atom is 0.183 e. The highest BCUT2D eigenvalue weighted by Crippen LogP contribution is 2.20. The van der Waals surface area contributed by atoms with Crippen molar-refractivity contribution in [1.29, 1.82) is 0 Å². The summed E-state index contributed by atoms with van der Waals surface area (Å²) in [7, 11) is 0. The highest BCUT2D eigenvalue weighted by atomic mass is 127. The predicted octanol–water partition coefficient (Wildman–Crippen LogP) is 2.88. The van der Waals surface area contributed by atoms with Gasteiger partial charge in [0.1, 0.15) is 0 Å². The average Bonchev–Trinajstić information content (AvgIpc) is 2.53. The second-order valence-corrected chi connectivity index (χ2v) is 4.51. The van der Waals surface area contributed by atoms with E-state index in [1.54, 1.807) is 0 Å². The monoisotopic (exact) mass is 287 g/mol. The van der Waals surface area contributed by atoms with E-state index >= 15 is 0 Å². The fourth-order valence-electron chi connectivity index (χ4n) is 1.26. The Morgan fingerprint density at radius 3 is 2.62 bits per heavy atom. The van der Waals surface area contributed by atoms with Crippen molar-refractivity contribution < 1.29 is 4.84 Å². The largest absolute Gasteiger partial charge is 0.381 e. The molecule has 0 N–H and O–H groups in total. The van der Waals surface area contributed by atoms with Crippen molar-refractivity contribution in [3.05, 3.63) is 35.4 Å². The summed E-state index contributed by atoms with van der Waals surface area (Å²) in [5, 5.41) is 4.03. The first-order valence-corrected chi connectivity index (χ1v) is 5.44. The summed E-state index contributed by atoms with van der Waals surface area (Å²) >= 11 is 2.24. The van der Waals surface area contributed by atoms with Crippen LogP contribution in [-0.2, 0) is 4.84 Å². The molecule has 68 valence electrons. The molecule has 0 aliphatic carbocycles. The molecule has 1 aliphatic heterocycles. The summed E-state index contributed by atoms with van der Waals surface area (Å²) in [6.07, 6.45) is 0.906. The zero-order chi connectivity index (χ0) is 9.26. The highest BCUT2D eigenvalue weighted by Gasteiger charge is 2.18. The summed E-state index contributed by atoms with van der Waals surface area (Å²) in [6, 6.07) is 8.37. The summed E-state index contributed by atoms with van der Waals surface area (Å²) in [5.74, 6) is 0. The van der Waals surface area contributed by atoms with E-state index in [0.717, 1.165) is 12.1 Å². The first-order valence-electron chi connectivity index (χ1n) is 4.19. The van der Waals surface area contributed by atoms with Crippen LogP contribution < -0.4 is 0 Å². The van der Waals surface area contributed by atoms with Gasteiger partial charge in [-0.15, -0.1) is 0 Å². The van der Waals surface area contributed by atoms with E-state index in [2.05, 4.69) is 58.9 Å². The molecule has 0 aromatic heterocycles. The molecule has 2 rings (SSSR count). The van der Waals surface area contributed by atoms with Crippen molar-refractivity contribution in [1.82, 2.24) is 0 Å². The van der Waals surface area contributed by atoms with E-state index in [-0.39, 0.29) is 4.11 Å². The van der Waals surface area contributed by atoms with Gasteiger partial charge in [-0.3, -0.25) is 0 Å². The number of halogens is 1. The second kappa shape index (κ2) is 3.65. The Morgan fingerprint density at radius 2 is 2.08 bits per heavy atom. The van der Waals surface area contributed by atoms with Gasteiger partial charge in [0, 0.05) is 6.42 Å². The van der Waals surface area contributed by atoms with Gasteiger partial charge in [-0.25, -0.2) is 0 Å². The average molecular weight is 287 g/mol. The van der Waals surface area contributed by atoms with Crippen LogP contribution in [0.15, 0.2) is 29.4 Å². The Bertz CT molecular complexity index is 331. The fraction of sp³-hybridized carbons (Fsp3) is 0.300. The van der Waals surface area contributed by atoms with Crippen molar-refractivity contribution in [3.8, 4) is 0 Å². The second-order valence-electron chi connectivity index (χ2n) is 3.12. The number of hydrogen-bond acceptors (Lipinski definition) is 2. The molecule has 0 bridgehead atoms. The lowest BCUT2D eigenvalue weighted by atomic mass is 10.1. The third-order valence-electron chi connectivity index (χ3n) is 2.02. The van der Waals surface area contributed by atoms with Crippen LogP contribution in [0.4, 0.5) is 0 Å². The van der Waals surface area contributed by atoms with Gasteiger partial charge in [0.2, 0.25) is 0 Å². The Kier molecular flexibility index (Phi) is 2.53. The lowest BCUT2D eigenvalue weighted by molar-refractivity contribution is 0.159. The lowest BCUT2D eigenvalue weighted by Crippen LogP contribution is -2.00. The molecule has 1 atom stereocenters. The van der Waals surface area contributed by atoms with Crippen LogP contribution >= 0.6 is 22.6 Å². The van der Waals surface area contributed by atoms with Gasteiger partial charge in [0.15, 0.2) is 4.11 Å². The van der Waals surface area contributed by atoms with E-state index in [1.807, 2.05) is 0 Å². The Hall–Kier alpha value is -0.580. The minimum Gasteiger partial charge on any atom is -0.381 e. The molecule has 0 saturated heterocycles. The number of nitrogens with zero attached hydrogens (tertiary/aromatic N) is 1. The van der Waals surface area contributed by atoms with Crippen molar-refractivity contribution in [2.75, 3.05) is 0 Å². The predicted molar refractivity (Wildman–Crippen MR) is 61.2 cm³/mol. The number of hydrogen-bond donors (Lipinski definition) is 0. The van der Waals surface area contributed by atoms with Gasteiger partial charge < -0.3 is 4.84 Å². The molecular weight excluding hydrogens is 277 g/mol. The first kappa shape index (κ1) is 8.99. The molecule has 0 saturated carbocycles. The van der Waals surface area contributed by atoms with Crippen LogP contribution in [0.1, 0.15) is 17.5 Å². The molecule has 0 spiro atoms. The van der Waals surface area contributed by atoms with Gasteiger partial charge in [-0.1, -0.05) is 35.0 Å². The summed E-state index contributed by atoms with van der Waals surface area (Å²) in [6.45, 7) is 2.08. The molecule has 1 unspecified atom stereocenters. The van der Waals surface area contributed by atoms with Gasteiger partial charge in [0.25, 0.3) is 0 Å². The number of oxime groups is 1. The number of alkyl halides is 1. The normalized spacial score (nSPS) is 21.1. The molecule has 0 amide bonds. The third kappa shape index (κ3) is 2.02. The Morgan fingerprint density at radius 1 is 1.38 bits per heavy atom. The van der Waals surface area contributed by atoms with E-state index in [9.17, 15) is 0 Å². The Balaban J connectivity index is 2.22. The van der Waals surface area contributed by atoms with Crippen LogP contribution in [0.3, 0.4) is 0 Å². The van der Waals surface area contributed by atoms with Crippen LogP contribution in [0.2, 0.25) is 0 Å². The van der Waals surface area contributed by atoms with Crippen LogP contribution in [-0.4, -0.2) is 9.82 Å². The SMILES string of the molecule is Cc1ccc(C2=NOC(I)C2)cc1. The van der Waals surface area contributed by atoms with Crippen LogP contribution in [0, 0.1) is 6.92 Å². The third-order valence-corrected chi connectivity index (χ3v) is 2.68. The zero-order valence-electron chi connectivity index (χ0n) is 7.33. The van der Waals surface area contributed by atoms with E-state index in [1.165, 1.54) is 11.1 Å². The van der Waals surface area contributed by atoms with Crippen molar-refractivity contribution >= 4 is 28.3 Å². The molecule has 3 heteroatoms. The van der Waals surface area contributed by atoms with Crippen molar-refractivity contribution in [3.63, 3.8) is 0 Å². The summed E-state index contributed by atoms with van der Waals surface area (Å²) in [4.78, 5) is 5.12. The minimum absolute atomic E-state index is 0.203. The van der Waals surface area contributed by atoms with Crippen LogP contribution in [0.5, 0.6) is 0 Å². The number of rotatable bonds is 1. The molecule has 1 heterocycles. The van der Waals surface area contributed by atoms with Crippen molar-refractivity contribution in [2.45, 2.75) is 17.5 Å². The van der Waals surface area contributed by atoms with E-state index in [4.69, 9.17) is 4.84 Å². The zero-order valence-corrected chi connectivity index (χ0v) is 9.48. The number of aryl methyl sites for hydroxylation is 1. The smallest absolute Gasteiger partial charge is 0.183 e. The first-order chi connectivity index (χ1) is 6.25. The standard InChI is InChI=1S/C10H10INO/c1-7-2-4-8(5-3-7)9-6-10(11)13-12-9/h2-5,10H,6H2,1H3. The molecule has 1 aromatic rings. The molecular formula is C10H10INO. The fourth-order valence-corrected chi connectivity index (χ4v) is 1.79. The highest BCUT2D eigenvalue weighted by molar-refractivity contribution is 14.1. The van der Waals surface area contributed by atoms with Gasteiger partial charge >= 0.3 is 0 Å². The molecule has 13 heavy (non-hydrogen) atoms. The molecule has 2 nitrogen and oxygen atoms in total. The summed E-state index contributed by atoms with van der Waals surface area (Å²) in [5.41, 5.74) is 3.50. The topological polar surface area (TPSA) is 21.6 Å². The molecule has 1 aromatic carbocycles. The molecule has 0 radical (unpaired) electrons. The van der Waals surface area contributed by atoms with E-state index < -0.39 is 0 Å². The molecule has 0 fully saturated rings. The maximum absolute atomic E-state index is 5.12. The quantitative estimate of drug-likeness (QED) is 0.575. The van der Waals surface area contributed by atoms with Gasteiger partial charge in [-0.2, -0.15) is 0 Å². The van der Waals surface area contributed by atoms with Crippen LogP contribution in [0.25, 0.3) is 0 Å². The Labute approximate surface area is 91.1 Å². The van der Waals surface area contributed by atoms with Gasteiger partial charge in [0.05, 0.1) is 5.71 Å². The number of benzene rings is 1. The lowest BCUT2D eigenvalue weighted by Gasteiger charge is -1.98. The minimum atomic E-state index is 0.203. The van der Waals surface area contributed by atoms with Crippen molar-refractivity contribution in [2.24, 2.45) is 5.16 Å². The maximum atomic E-state index is 5.12. The van der Waals surface area contributed by atoms with Gasteiger partial charge in [-0.05, 0) is 35.1 Å².